The van der Waals surface area contributed by atoms with E-state index in [0.717, 1.165) is 22.7 Å². The average molecular weight is 489 g/mol. The van der Waals surface area contributed by atoms with Crippen molar-refractivity contribution in [2.45, 2.75) is 0 Å². The van der Waals surface area contributed by atoms with Gasteiger partial charge in [-0.05, 0) is 64.7 Å². The predicted octanol–water partition coefficient (Wildman–Crippen LogP) is 10.2. The van der Waals surface area contributed by atoms with Gasteiger partial charge in [0.15, 0.2) is 0 Å². The van der Waals surface area contributed by atoms with E-state index >= 15 is 0 Å². The van der Waals surface area contributed by atoms with Gasteiger partial charge in [0.1, 0.15) is 0 Å². The van der Waals surface area contributed by atoms with E-state index in [0.29, 0.717) is 0 Å². The van der Waals surface area contributed by atoms with Crippen LogP contribution in [0, 0.1) is 0 Å². The Hall–Kier alpha value is -5.08. The average Bonchev–Trinajstić information content (AvgIpc) is 2.99. The van der Waals surface area contributed by atoms with Crippen LogP contribution in [0.15, 0.2) is 158 Å². The van der Waals surface area contributed by atoms with Crippen molar-refractivity contribution in [3.8, 4) is 33.4 Å². The lowest BCUT2D eigenvalue weighted by Gasteiger charge is -2.14. The van der Waals surface area contributed by atoms with Crippen molar-refractivity contribution in [3.63, 3.8) is 0 Å². The Bertz CT molecular complexity index is 1640. The third-order valence-corrected chi connectivity index (χ3v) is 6.66. The van der Waals surface area contributed by atoms with Gasteiger partial charge in [-0.2, -0.15) is 0 Å². The molecule has 38 heavy (non-hydrogen) atoms. The maximum atomic E-state index is 3.61. The summed E-state index contributed by atoms with van der Waals surface area (Å²) < 4.78 is 0. The van der Waals surface area contributed by atoms with Crippen LogP contribution < -0.4 is 10.6 Å². The minimum atomic E-state index is 1.06. The van der Waals surface area contributed by atoms with Gasteiger partial charge in [0.2, 0.25) is 0 Å². The van der Waals surface area contributed by atoms with Gasteiger partial charge in [-0.25, -0.2) is 0 Å². The van der Waals surface area contributed by atoms with Crippen molar-refractivity contribution in [1.82, 2.24) is 0 Å². The lowest BCUT2D eigenvalue weighted by Crippen LogP contribution is -1.94. The molecule has 2 N–H and O–H groups in total. The summed E-state index contributed by atoms with van der Waals surface area (Å²) >= 11 is 0. The van der Waals surface area contributed by atoms with Gasteiger partial charge in [0.05, 0.1) is 0 Å². The standard InChI is InChI=1S/C36H28N2/c1-3-12-28(13-4-1)33-18-7-9-20-35(33)38-32-24-22-27(23-25-32)29-14-11-15-30(26-29)34-19-8-10-21-36(34)37-31-16-5-2-6-17-31/h1-26,37-38H. The summed E-state index contributed by atoms with van der Waals surface area (Å²) in [6.45, 7) is 0. The van der Waals surface area contributed by atoms with E-state index in [1.165, 1.54) is 33.4 Å². The Morgan fingerprint density at radius 3 is 1.42 bits per heavy atom. The van der Waals surface area contributed by atoms with Crippen LogP contribution in [-0.2, 0) is 0 Å². The summed E-state index contributed by atoms with van der Waals surface area (Å²) in [5.74, 6) is 0. The number of hydrogen-bond donors (Lipinski definition) is 2. The molecular formula is C36H28N2. The summed E-state index contributed by atoms with van der Waals surface area (Å²) in [7, 11) is 0. The van der Waals surface area contributed by atoms with E-state index in [4.69, 9.17) is 0 Å². The van der Waals surface area contributed by atoms with Crippen LogP contribution >= 0.6 is 0 Å². The third-order valence-electron chi connectivity index (χ3n) is 6.66. The van der Waals surface area contributed by atoms with Gasteiger partial charge in [0, 0.05) is 33.9 Å². The molecule has 182 valence electrons. The Morgan fingerprint density at radius 2 is 0.763 bits per heavy atom. The van der Waals surface area contributed by atoms with Crippen LogP contribution in [-0.4, -0.2) is 0 Å². The maximum absolute atomic E-state index is 3.61. The summed E-state index contributed by atoms with van der Waals surface area (Å²) in [5.41, 5.74) is 11.4. The van der Waals surface area contributed by atoms with E-state index in [9.17, 15) is 0 Å². The van der Waals surface area contributed by atoms with E-state index in [-0.39, 0.29) is 0 Å². The second-order valence-corrected chi connectivity index (χ2v) is 9.23. The summed E-state index contributed by atoms with van der Waals surface area (Å²) in [6, 6.07) is 55.1. The zero-order chi connectivity index (χ0) is 25.6. The predicted molar refractivity (Wildman–Crippen MR) is 162 cm³/mol. The number of anilines is 4. The number of para-hydroxylation sites is 3. The smallest absolute Gasteiger partial charge is 0.0463 e. The first-order valence-electron chi connectivity index (χ1n) is 12.9. The van der Waals surface area contributed by atoms with Gasteiger partial charge in [-0.3, -0.25) is 0 Å². The van der Waals surface area contributed by atoms with E-state index < -0.39 is 0 Å². The van der Waals surface area contributed by atoms with Crippen molar-refractivity contribution >= 4 is 22.7 Å². The van der Waals surface area contributed by atoms with Crippen molar-refractivity contribution in [2.24, 2.45) is 0 Å². The van der Waals surface area contributed by atoms with Crippen LogP contribution in [0.1, 0.15) is 0 Å². The molecule has 0 unspecified atom stereocenters. The Kier molecular flexibility index (Phi) is 6.69. The fraction of sp³-hybridized carbons (Fsp3) is 0. The normalized spacial score (nSPS) is 10.6. The van der Waals surface area contributed by atoms with Crippen LogP contribution in [0.25, 0.3) is 33.4 Å². The highest BCUT2D eigenvalue weighted by atomic mass is 14.9. The van der Waals surface area contributed by atoms with Gasteiger partial charge in [-0.15, -0.1) is 0 Å². The Morgan fingerprint density at radius 1 is 0.289 bits per heavy atom. The van der Waals surface area contributed by atoms with Crippen molar-refractivity contribution in [2.75, 3.05) is 10.6 Å². The van der Waals surface area contributed by atoms with Gasteiger partial charge in [-0.1, -0.05) is 115 Å². The van der Waals surface area contributed by atoms with Crippen LogP contribution in [0.5, 0.6) is 0 Å². The van der Waals surface area contributed by atoms with Gasteiger partial charge >= 0.3 is 0 Å². The van der Waals surface area contributed by atoms with E-state index in [1.807, 2.05) is 24.3 Å². The first kappa shape index (κ1) is 23.3. The molecule has 0 fully saturated rings. The highest BCUT2D eigenvalue weighted by Crippen LogP contribution is 2.34. The maximum Gasteiger partial charge on any atom is 0.0463 e. The largest absolute Gasteiger partial charge is 0.355 e. The fourth-order valence-electron chi connectivity index (χ4n) is 4.75. The fourth-order valence-corrected chi connectivity index (χ4v) is 4.75. The molecular weight excluding hydrogens is 460 g/mol. The molecule has 0 aromatic heterocycles. The molecule has 2 nitrogen and oxygen atoms in total. The zero-order valence-corrected chi connectivity index (χ0v) is 21.0. The number of hydrogen-bond acceptors (Lipinski definition) is 2. The number of rotatable bonds is 7. The van der Waals surface area contributed by atoms with Crippen LogP contribution in [0.2, 0.25) is 0 Å². The lowest BCUT2D eigenvalue weighted by molar-refractivity contribution is 1.52. The SMILES string of the molecule is c1ccc(Nc2ccccc2-c2cccc(-c3ccc(Nc4ccccc4-c4ccccc4)cc3)c2)cc1. The molecule has 0 heterocycles. The molecule has 0 aliphatic rings. The summed E-state index contributed by atoms with van der Waals surface area (Å²) in [6.07, 6.45) is 0. The summed E-state index contributed by atoms with van der Waals surface area (Å²) in [4.78, 5) is 0. The molecule has 0 aliphatic carbocycles. The van der Waals surface area contributed by atoms with Crippen molar-refractivity contribution in [3.05, 3.63) is 158 Å². The zero-order valence-electron chi connectivity index (χ0n) is 21.0. The summed E-state index contributed by atoms with van der Waals surface area (Å²) in [5, 5.41) is 7.18. The molecule has 0 saturated heterocycles. The molecule has 0 amide bonds. The monoisotopic (exact) mass is 488 g/mol. The van der Waals surface area contributed by atoms with Gasteiger partial charge in [0.25, 0.3) is 0 Å². The van der Waals surface area contributed by atoms with Crippen LogP contribution in [0.4, 0.5) is 22.7 Å². The topological polar surface area (TPSA) is 24.1 Å². The molecule has 0 saturated carbocycles. The Labute approximate surface area is 224 Å². The molecule has 0 bridgehead atoms. The second kappa shape index (κ2) is 10.9. The first-order valence-corrected chi connectivity index (χ1v) is 12.9. The lowest BCUT2D eigenvalue weighted by atomic mass is 9.97. The van der Waals surface area contributed by atoms with Crippen molar-refractivity contribution in [1.29, 1.82) is 0 Å². The van der Waals surface area contributed by atoms with Gasteiger partial charge < -0.3 is 10.6 Å². The Balaban J connectivity index is 1.25. The van der Waals surface area contributed by atoms with Crippen LogP contribution in [0.3, 0.4) is 0 Å². The third kappa shape index (κ3) is 5.21. The molecule has 0 spiro atoms. The van der Waals surface area contributed by atoms with E-state index in [2.05, 4.69) is 144 Å². The highest BCUT2D eigenvalue weighted by molar-refractivity contribution is 5.84. The minimum absolute atomic E-state index is 1.06. The molecule has 0 atom stereocenters. The quantitative estimate of drug-likeness (QED) is 0.233. The van der Waals surface area contributed by atoms with Crippen molar-refractivity contribution < 1.29 is 0 Å². The number of nitrogens with one attached hydrogen (secondary N) is 2. The first-order chi connectivity index (χ1) is 18.8. The molecule has 0 aliphatic heterocycles. The second-order valence-electron chi connectivity index (χ2n) is 9.23. The molecule has 6 rings (SSSR count). The molecule has 2 heteroatoms. The highest BCUT2D eigenvalue weighted by Gasteiger charge is 2.08. The number of benzene rings is 6. The minimum Gasteiger partial charge on any atom is -0.355 e. The van der Waals surface area contributed by atoms with E-state index in [1.54, 1.807) is 0 Å². The molecule has 6 aromatic carbocycles. The molecule has 0 radical (unpaired) electrons. The molecule has 6 aromatic rings.